The Morgan fingerprint density at radius 3 is 2.46 bits per heavy atom. The summed E-state index contributed by atoms with van der Waals surface area (Å²) in [7, 11) is 0. The van der Waals surface area contributed by atoms with Crippen LogP contribution in [0.1, 0.15) is 112 Å². The number of hydrogen-bond acceptors (Lipinski definition) is 4. The first-order valence-corrected chi connectivity index (χ1v) is 15.3. The van der Waals surface area contributed by atoms with Crippen LogP contribution in [-0.4, -0.2) is 31.7 Å². The maximum atomic E-state index is 12.3. The molecule has 0 radical (unpaired) electrons. The summed E-state index contributed by atoms with van der Waals surface area (Å²) in [4.78, 5) is 12.3. The van der Waals surface area contributed by atoms with Crippen molar-refractivity contribution >= 4 is 5.97 Å². The lowest BCUT2D eigenvalue weighted by molar-refractivity contribution is -0.161. The van der Waals surface area contributed by atoms with Crippen LogP contribution in [0, 0.1) is 52.3 Å². The van der Waals surface area contributed by atoms with Crippen LogP contribution in [0.25, 0.3) is 0 Å². The van der Waals surface area contributed by atoms with Gasteiger partial charge in [-0.1, -0.05) is 53.9 Å². The van der Waals surface area contributed by atoms with E-state index in [0.717, 1.165) is 54.3 Å². The van der Waals surface area contributed by atoms with E-state index in [1.165, 1.54) is 64.2 Å². The van der Waals surface area contributed by atoms with Crippen LogP contribution in [0.3, 0.4) is 0 Å². The van der Waals surface area contributed by atoms with Gasteiger partial charge in [-0.15, -0.1) is 0 Å². The van der Waals surface area contributed by atoms with E-state index in [-0.39, 0.29) is 18.6 Å². The molecule has 4 aliphatic carbocycles. The number of carbonyl (C=O) groups is 1. The summed E-state index contributed by atoms with van der Waals surface area (Å²) < 4.78 is 5.90. The molecule has 4 rings (SSSR count). The minimum atomic E-state index is -0.103. The Kier molecular flexibility index (Phi) is 8.95. The molecule has 202 valence electrons. The number of esters is 1. The summed E-state index contributed by atoms with van der Waals surface area (Å²) in [6.45, 7) is 14.2. The molecule has 0 aromatic heterocycles. The molecule has 4 fully saturated rings. The molecule has 0 bridgehead atoms. The molecular formula is C31H56N2O2. The maximum absolute atomic E-state index is 12.3. The second-order valence-electron chi connectivity index (χ2n) is 14.0. The molecule has 9 unspecified atom stereocenters. The maximum Gasteiger partial charge on any atom is 0.320 e. The van der Waals surface area contributed by atoms with Gasteiger partial charge in [0, 0.05) is 13.1 Å². The summed E-state index contributed by atoms with van der Waals surface area (Å²) >= 11 is 0. The number of rotatable bonds is 10. The standard InChI is InChI=1S/C31H56N2O2/c1-21(2)7-6-8-22(3)26-11-12-27-25-10-9-23-19-24(35-29(34)20-33-18-17-32)13-15-30(23,4)28(25)14-16-31(26,27)5/h21-28,33H,6-20,32H2,1-5H3. The fourth-order valence-electron chi connectivity index (χ4n) is 9.87. The van der Waals surface area contributed by atoms with Crippen LogP contribution in [0.5, 0.6) is 0 Å². The fraction of sp³-hybridized carbons (Fsp3) is 0.968. The summed E-state index contributed by atoms with van der Waals surface area (Å²) in [6, 6.07) is 0. The monoisotopic (exact) mass is 488 g/mol. The van der Waals surface area contributed by atoms with Gasteiger partial charge in [0.05, 0.1) is 6.54 Å². The Labute approximate surface area is 216 Å². The van der Waals surface area contributed by atoms with E-state index >= 15 is 0 Å². The van der Waals surface area contributed by atoms with Crippen molar-refractivity contribution < 1.29 is 9.53 Å². The lowest BCUT2D eigenvalue weighted by Crippen LogP contribution is -2.54. The molecule has 4 heteroatoms. The van der Waals surface area contributed by atoms with Gasteiger partial charge >= 0.3 is 5.97 Å². The van der Waals surface area contributed by atoms with Gasteiger partial charge in [-0.2, -0.15) is 0 Å². The molecule has 0 spiro atoms. The van der Waals surface area contributed by atoms with E-state index in [1.807, 2.05) is 0 Å². The first-order chi connectivity index (χ1) is 16.7. The lowest BCUT2D eigenvalue weighted by atomic mass is 9.44. The molecular weight excluding hydrogens is 432 g/mol. The van der Waals surface area contributed by atoms with Crippen molar-refractivity contribution in [3.63, 3.8) is 0 Å². The van der Waals surface area contributed by atoms with Gasteiger partial charge in [-0.05, 0) is 110 Å². The summed E-state index contributed by atoms with van der Waals surface area (Å²) in [5, 5.41) is 3.08. The third-order valence-electron chi connectivity index (χ3n) is 11.7. The molecule has 0 heterocycles. The Hall–Kier alpha value is -0.610. The van der Waals surface area contributed by atoms with Gasteiger partial charge in [0.2, 0.25) is 0 Å². The van der Waals surface area contributed by atoms with E-state index in [1.54, 1.807) is 0 Å². The van der Waals surface area contributed by atoms with Crippen LogP contribution in [0.15, 0.2) is 0 Å². The van der Waals surface area contributed by atoms with Gasteiger partial charge in [-0.3, -0.25) is 4.79 Å². The van der Waals surface area contributed by atoms with Crippen molar-refractivity contribution in [2.45, 2.75) is 118 Å². The van der Waals surface area contributed by atoms with E-state index < -0.39 is 0 Å². The van der Waals surface area contributed by atoms with Gasteiger partial charge in [-0.25, -0.2) is 0 Å². The van der Waals surface area contributed by atoms with E-state index in [0.29, 0.717) is 23.9 Å². The third-order valence-corrected chi connectivity index (χ3v) is 11.7. The number of fused-ring (bicyclic) bond motifs is 5. The number of nitrogens with two attached hydrogens (primary N) is 1. The first-order valence-electron chi connectivity index (χ1n) is 15.3. The van der Waals surface area contributed by atoms with Gasteiger partial charge < -0.3 is 15.8 Å². The highest BCUT2D eigenvalue weighted by Gasteiger charge is 2.60. The number of nitrogens with one attached hydrogen (secondary N) is 1. The molecule has 0 amide bonds. The van der Waals surface area contributed by atoms with Crippen LogP contribution in [0.2, 0.25) is 0 Å². The van der Waals surface area contributed by atoms with Crippen molar-refractivity contribution in [3.05, 3.63) is 0 Å². The molecule has 0 aliphatic heterocycles. The summed E-state index contributed by atoms with van der Waals surface area (Å²) in [5.41, 5.74) is 6.54. The van der Waals surface area contributed by atoms with E-state index in [9.17, 15) is 4.79 Å². The number of hydrogen-bond donors (Lipinski definition) is 2. The Balaban J connectivity index is 1.35. The summed E-state index contributed by atoms with van der Waals surface area (Å²) in [5.74, 6) is 6.05. The average molecular weight is 489 g/mol. The van der Waals surface area contributed by atoms with Crippen LogP contribution >= 0.6 is 0 Å². The molecule has 0 saturated heterocycles. The van der Waals surface area contributed by atoms with Crippen LogP contribution < -0.4 is 11.1 Å². The minimum Gasteiger partial charge on any atom is -0.461 e. The first kappa shape index (κ1) is 27.4. The average Bonchev–Trinajstić information content (AvgIpc) is 3.16. The normalized spacial score (nSPS) is 41.7. The van der Waals surface area contributed by atoms with Crippen molar-refractivity contribution in [1.29, 1.82) is 0 Å². The van der Waals surface area contributed by atoms with E-state index in [2.05, 4.69) is 39.9 Å². The quantitative estimate of drug-likeness (QED) is 0.270. The van der Waals surface area contributed by atoms with Crippen molar-refractivity contribution in [2.24, 2.45) is 58.0 Å². The fourth-order valence-corrected chi connectivity index (χ4v) is 9.87. The van der Waals surface area contributed by atoms with E-state index in [4.69, 9.17) is 10.5 Å². The zero-order valence-corrected chi connectivity index (χ0v) is 23.6. The van der Waals surface area contributed by atoms with Crippen LogP contribution in [-0.2, 0) is 9.53 Å². The van der Waals surface area contributed by atoms with Gasteiger partial charge in [0.1, 0.15) is 6.10 Å². The van der Waals surface area contributed by atoms with Gasteiger partial charge in [0.25, 0.3) is 0 Å². The smallest absolute Gasteiger partial charge is 0.320 e. The van der Waals surface area contributed by atoms with Crippen LogP contribution in [0.4, 0.5) is 0 Å². The molecule has 4 saturated carbocycles. The number of ether oxygens (including phenoxy) is 1. The zero-order chi connectivity index (χ0) is 25.2. The Morgan fingerprint density at radius 1 is 0.971 bits per heavy atom. The highest BCUT2D eigenvalue weighted by molar-refractivity contribution is 5.71. The second-order valence-corrected chi connectivity index (χ2v) is 14.0. The molecule has 4 nitrogen and oxygen atoms in total. The van der Waals surface area contributed by atoms with Crippen molar-refractivity contribution in [2.75, 3.05) is 19.6 Å². The predicted octanol–water partition coefficient (Wildman–Crippen LogP) is 6.57. The Bertz CT molecular complexity index is 710. The molecule has 0 aromatic carbocycles. The lowest BCUT2D eigenvalue weighted by Gasteiger charge is -2.61. The number of carbonyl (C=O) groups excluding carboxylic acids is 1. The summed E-state index contributed by atoms with van der Waals surface area (Å²) in [6.07, 6.45) is 16.3. The van der Waals surface area contributed by atoms with Crippen molar-refractivity contribution in [1.82, 2.24) is 5.32 Å². The molecule has 35 heavy (non-hydrogen) atoms. The zero-order valence-electron chi connectivity index (χ0n) is 23.6. The minimum absolute atomic E-state index is 0.103. The Morgan fingerprint density at radius 2 is 1.71 bits per heavy atom. The molecule has 0 aromatic rings. The third kappa shape index (κ3) is 5.64. The van der Waals surface area contributed by atoms with Gasteiger partial charge in [0.15, 0.2) is 0 Å². The SMILES string of the molecule is CC(C)CCCC(C)C1CCC2C3CCC4CC(OC(=O)CNCCN)CCC4(C)C3CCC12C. The second kappa shape index (κ2) is 11.4. The highest BCUT2D eigenvalue weighted by atomic mass is 16.5. The van der Waals surface area contributed by atoms with Crippen molar-refractivity contribution in [3.8, 4) is 0 Å². The molecule has 9 atom stereocenters. The molecule has 4 aliphatic rings. The molecule has 3 N–H and O–H groups in total. The largest absolute Gasteiger partial charge is 0.461 e. The topological polar surface area (TPSA) is 64.3 Å². The highest BCUT2D eigenvalue weighted by Crippen LogP contribution is 2.68. The predicted molar refractivity (Wildman–Crippen MR) is 145 cm³/mol.